The maximum absolute atomic E-state index is 12.2. The molecule has 0 saturated carbocycles. The van der Waals surface area contributed by atoms with E-state index in [1.165, 1.54) is 11.3 Å². The molecule has 1 aromatic rings. The molecule has 0 saturated heterocycles. The summed E-state index contributed by atoms with van der Waals surface area (Å²) in [5.41, 5.74) is -0.111. The molecule has 7 heteroatoms. The molecule has 1 heterocycles. The molecule has 20 heavy (non-hydrogen) atoms. The van der Waals surface area contributed by atoms with Crippen LogP contribution in [-0.4, -0.2) is 47.6 Å². The molecule has 2 N–H and O–H groups in total. The van der Waals surface area contributed by atoms with Crippen molar-refractivity contribution in [3.8, 4) is 0 Å². The molecule has 5 nitrogen and oxygen atoms in total. The molecule has 0 atom stereocenters. The molecule has 1 rings (SSSR count). The van der Waals surface area contributed by atoms with Crippen molar-refractivity contribution in [1.29, 1.82) is 0 Å². The fourth-order valence-corrected chi connectivity index (χ4v) is 4.58. The van der Waals surface area contributed by atoms with E-state index in [1.54, 1.807) is 11.4 Å². The van der Waals surface area contributed by atoms with Crippen LogP contribution in [-0.2, 0) is 16.6 Å². The Bertz CT molecular complexity index is 521. The van der Waals surface area contributed by atoms with E-state index >= 15 is 0 Å². The largest absolute Gasteiger partial charge is 0.315 e. The van der Waals surface area contributed by atoms with E-state index in [0.29, 0.717) is 18.0 Å². The van der Waals surface area contributed by atoms with Crippen LogP contribution < -0.4 is 10.0 Å². The van der Waals surface area contributed by atoms with Gasteiger partial charge in [0.1, 0.15) is 0 Å². The number of nitrogens with zero attached hydrogens (tertiary/aromatic N) is 1. The lowest BCUT2D eigenvalue weighted by Crippen LogP contribution is -2.39. The number of hydrogen-bond acceptors (Lipinski definition) is 5. The lowest BCUT2D eigenvalue weighted by Gasteiger charge is -2.28. The molecule has 0 bridgehead atoms. The smallest absolute Gasteiger partial charge is 0.241 e. The average Bonchev–Trinajstić information content (AvgIpc) is 2.75. The topological polar surface area (TPSA) is 61.4 Å². The summed E-state index contributed by atoms with van der Waals surface area (Å²) in [7, 11) is 2.40. The number of hydrogen-bond donors (Lipinski definition) is 2. The summed E-state index contributed by atoms with van der Waals surface area (Å²) in [6.07, 6.45) is 0. The first-order valence-corrected chi connectivity index (χ1v) is 8.89. The van der Waals surface area contributed by atoms with Crippen LogP contribution >= 0.6 is 11.3 Å². The van der Waals surface area contributed by atoms with Crippen molar-refractivity contribution in [2.75, 3.05) is 34.2 Å². The van der Waals surface area contributed by atoms with E-state index < -0.39 is 10.0 Å². The molecule has 0 aromatic carbocycles. The van der Waals surface area contributed by atoms with Crippen LogP contribution in [0.5, 0.6) is 0 Å². The lowest BCUT2D eigenvalue weighted by molar-refractivity contribution is 0.242. The van der Waals surface area contributed by atoms with Crippen LogP contribution in [0.3, 0.4) is 0 Å². The van der Waals surface area contributed by atoms with Gasteiger partial charge in [0.15, 0.2) is 0 Å². The van der Waals surface area contributed by atoms with Crippen molar-refractivity contribution in [3.05, 3.63) is 16.3 Å². The molecule has 0 amide bonds. The summed E-state index contributed by atoms with van der Waals surface area (Å²) in [5, 5.41) is 4.70. The van der Waals surface area contributed by atoms with Gasteiger partial charge in [-0.1, -0.05) is 13.8 Å². The second-order valence-corrected chi connectivity index (χ2v) is 8.77. The number of thiophene rings is 1. The van der Waals surface area contributed by atoms with Crippen molar-refractivity contribution in [2.24, 2.45) is 5.41 Å². The van der Waals surface area contributed by atoms with E-state index in [1.807, 2.05) is 21.1 Å². The van der Waals surface area contributed by atoms with Gasteiger partial charge in [-0.05, 0) is 32.6 Å². The molecule has 0 spiro atoms. The maximum Gasteiger partial charge on any atom is 0.241 e. The molecule has 0 aliphatic carbocycles. The predicted molar refractivity (Wildman–Crippen MR) is 84.6 cm³/mol. The first kappa shape index (κ1) is 17.6. The highest BCUT2D eigenvalue weighted by Gasteiger charge is 2.23. The molecule has 0 aliphatic rings. The van der Waals surface area contributed by atoms with Crippen molar-refractivity contribution in [1.82, 2.24) is 14.9 Å². The monoisotopic (exact) mass is 319 g/mol. The van der Waals surface area contributed by atoms with Gasteiger partial charge < -0.3 is 10.2 Å². The Balaban J connectivity index is 2.69. The molecule has 0 unspecified atom stereocenters. The third-order valence-corrected chi connectivity index (χ3v) is 5.24. The number of nitrogens with one attached hydrogen (secondary N) is 2. The van der Waals surface area contributed by atoms with Gasteiger partial charge in [-0.25, -0.2) is 13.1 Å². The first-order chi connectivity index (χ1) is 9.16. The van der Waals surface area contributed by atoms with Gasteiger partial charge in [-0.2, -0.15) is 0 Å². The van der Waals surface area contributed by atoms with E-state index in [9.17, 15) is 8.42 Å². The minimum Gasteiger partial charge on any atom is -0.315 e. The summed E-state index contributed by atoms with van der Waals surface area (Å²) in [6, 6.07) is 1.72. The average molecular weight is 319 g/mol. The normalized spacial score (nSPS) is 13.1. The highest BCUT2D eigenvalue weighted by Crippen LogP contribution is 2.20. The quantitative estimate of drug-likeness (QED) is 0.759. The highest BCUT2D eigenvalue weighted by molar-refractivity contribution is 7.89. The second-order valence-electron chi connectivity index (χ2n) is 6.01. The van der Waals surface area contributed by atoms with Gasteiger partial charge in [0.2, 0.25) is 10.0 Å². The van der Waals surface area contributed by atoms with E-state index in [0.717, 1.165) is 11.4 Å². The second kappa shape index (κ2) is 7.00. The molecular formula is C13H25N3O2S2. The van der Waals surface area contributed by atoms with Crippen LogP contribution in [0.25, 0.3) is 0 Å². The highest BCUT2D eigenvalue weighted by atomic mass is 32.2. The van der Waals surface area contributed by atoms with Gasteiger partial charge in [0, 0.05) is 29.9 Å². The van der Waals surface area contributed by atoms with Gasteiger partial charge in [-0.15, -0.1) is 11.3 Å². The number of sulfonamides is 1. The fraction of sp³-hybridized carbons (Fsp3) is 0.692. The third-order valence-electron chi connectivity index (χ3n) is 2.78. The zero-order valence-corrected chi connectivity index (χ0v) is 14.5. The fourth-order valence-electron chi connectivity index (χ4n) is 2.05. The van der Waals surface area contributed by atoms with Gasteiger partial charge >= 0.3 is 0 Å². The Morgan fingerprint density at radius 3 is 2.55 bits per heavy atom. The summed E-state index contributed by atoms with van der Waals surface area (Å²) >= 11 is 1.46. The third kappa shape index (κ3) is 5.49. The minimum absolute atomic E-state index is 0.111. The van der Waals surface area contributed by atoms with E-state index in [4.69, 9.17) is 0 Å². The lowest BCUT2D eigenvalue weighted by atomic mass is 9.93. The SMILES string of the molecule is CNCc1cc(S(=O)(=O)NCC(C)(C)CN(C)C)cs1. The van der Waals surface area contributed by atoms with Crippen LogP contribution in [0.1, 0.15) is 18.7 Å². The van der Waals surface area contributed by atoms with Crippen molar-refractivity contribution < 1.29 is 8.42 Å². The molecule has 116 valence electrons. The Morgan fingerprint density at radius 2 is 2.00 bits per heavy atom. The zero-order valence-electron chi connectivity index (χ0n) is 12.9. The molecular weight excluding hydrogens is 294 g/mol. The van der Waals surface area contributed by atoms with E-state index in [-0.39, 0.29) is 5.41 Å². The number of rotatable bonds is 8. The summed E-state index contributed by atoms with van der Waals surface area (Å²) < 4.78 is 27.2. The predicted octanol–water partition coefficient (Wildman–Crippen LogP) is 1.33. The maximum atomic E-state index is 12.2. The summed E-state index contributed by atoms with van der Waals surface area (Å²) in [6.45, 7) is 6.03. The van der Waals surface area contributed by atoms with Gasteiger partial charge in [-0.3, -0.25) is 0 Å². The van der Waals surface area contributed by atoms with Gasteiger partial charge in [0.25, 0.3) is 0 Å². The Kier molecular flexibility index (Phi) is 6.15. The Morgan fingerprint density at radius 1 is 1.35 bits per heavy atom. The van der Waals surface area contributed by atoms with Crippen LogP contribution in [0, 0.1) is 5.41 Å². The summed E-state index contributed by atoms with van der Waals surface area (Å²) in [4.78, 5) is 3.43. The standard InChI is InChI=1S/C13H25N3O2S2/c1-13(2,10-16(4)5)9-15-20(17,18)12-6-11(7-14-3)19-8-12/h6,8,14-15H,7,9-10H2,1-5H3. The van der Waals surface area contributed by atoms with Crippen LogP contribution in [0.2, 0.25) is 0 Å². The van der Waals surface area contributed by atoms with Crippen LogP contribution in [0.15, 0.2) is 16.3 Å². The zero-order chi connectivity index (χ0) is 15.4. The van der Waals surface area contributed by atoms with E-state index in [2.05, 4.69) is 28.8 Å². The Hall–Kier alpha value is -0.470. The van der Waals surface area contributed by atoms with Crippen molar-refractivity contribution in [3.63, 3.8) is 0 Å². The van der Waals surface area contributed by atoms with Crippen molar-refractivity contribution in [2.45, 2.75) is 25.3 Å². The molecule has 0 fully saturated rings. The first-order valence-electron chi connectivity index (χ1n) is 6.53. The van der Waals surface area contributed by atoms with Crippen molar-refractivity contribution >= 4 is 21.4 Å². The minimum atomic E-state index is -3.41. The molecule has 0 aliphatic heterocycles. The van der Waals surface area contributed by atoms with Gasteiger partial charge in [0.05, 0.1) is 4.90 Å². The summed E-state index contributed by atoms with van der Waals surface area (Å²) in [5.74, 6) is 0. The van der Waals surface area contributed by atoms with Crippen LogP contribution in [0.4, 0.5) is 0 Å². The Labute approximate surface area is 126 Å². The molecule has 1 aromatic heterocycles. The molecule has 0 radical (unpaired) electrons.